The molecular formula is C19H19FN2O2. The number of para-hydroxylation sites is 1. The number of halogens is 1. The summed E-state index contributed by atoms with van der Waals surface area (Å²) in [5.74, 6) is -1.40. The quantitative estimate of drug-likeness (QED) is 0.939. The lowest BCUT2D eigenvalue weighted by molar-refractivity contribution is -0.122. The molecule has 1 aliphatic rings. The van der Waals surface area contributed by atoms with E-state index in [1.165, 1.54) is 11.0 Å². The lowest BCUT2D eigenvalue weighted by Crippen LogP contribution is -2.28. The Bertz CT molecular complexity index is 783. The predicted octanol–water partition coefficient (Wildman–Crippen LogP) is 3.43. The van der Waals surface area contributed by atoms with Crippen LogP contribution in [0.3, 0.4) is 0 Å². The average molecular weight is 326 g/mol. The number of hydrogen-bond acceptors (Lipinski definition) is 2. The van der Waals surface area contributed by atoms with Crippen LogP contribution in [0.15, 0.2) is 42.5 Å². The topological polar surface area (TPSA) is 49.4 Å². The molecule has 1 fully saturated rings. The van der Waals surface area contributed by atoms with Crippen LogP contribution < -0.4 is 10.2 Å². The van der Waals surface area contributed by atoms with Gasteiger partial charge in [-0.25, -0.2) is 4.39 Å². The third-order valence-electron chi connectivity index (χ3n) is 4.13. The highest BCUT2D eigenvalue weighted by molar-refractivity contribution is 6.03. The Hall–Kier alpha value is -2.69. The summed E-state index contributed by atoms with van der Waals surface area (Å²) in [6, 6.07) is 11.9. The van der Waals surface area contributed by atoms with Crippen molar-refractivity contribution >= 4 is 23.2 Å². The summed E-state index contributed by atoms with van der Waals surface area (Å²) >= 11 is 0. The van der Waals surface area contributed by atoms with E-state index in [-0.39, 0.29) is 30.5 Å². The Morgan fingerprint density at radius 1 is 1.17 bits per heavy atom. The van der Waals surface area contributed by atoms with Gasteiger partial charge in [0.1, 0.15) is 5.82 Å². The summed E-state index contributed by atoms with van der Waals surface area (Å²) in [6.07, 6.45) is 0.0883. The lowest BCUT2D eigenvalue weighted by atomic mass is 10.1. The minimum absolute atomic E-state index is 0.0883. The normalized spacial score (nSPS) is 17.2. The van der Waals surface area contributed by atoms with E-state index in [0.717, 1.165) is 11.1 Å². The van der Waals surface area contributed by atoms with Crippen LogP contribution in [0.1, 0.15) is 17.5 Å². The third kappa shape index (κ3) is 3.30. The van der Waals surface area contributed by atoms with Crippen molar-refractivity contribution in [3.05, 3.63) is 59.4 Å². The van der Waals surface area contributed by atoms with Gasteiger partial charge in [0.15, 0.2) is 0 Å². The van der Waals surface area contributed by atoms with Gasteiger partial charge >= 0.3 is 0 Å². The van der Waals surface area contributed by atoms with Crippen LogP contribution in [-0.2, 0) is 9.59 Å². The van der Waals surface area contributed by atoms with Gasteiger partial charge in [0.05, 0.1) is 11.6 Å². The standard InChI is InChI=1S/C19H19FN2O2/c1-12-7-13(2)9-15(8-12)21-19(24)14-10-18(23)22(11-14)17-6-4-3-5-16(17)20/h3-9,14H,10-11H2,1-2H3,(H,21,24)/t14-/m0/s1. The number of hydrogen-bond donors (Lipinski definition) is 1. The number of nitrogens with one attached hydrogen (secondary N) is 1. The van der Waals surface area contributed by atoms with Crippen molar-refractivity contribution in [1.29, 1.82) is 0 Å². The molecule has 0 bridgehead atoms. The Kier molecular flexibility index (Phi) is 4.34. The van der Waals surface area contributed by atoms with E-state index in [1.54, 1.807) is 18.2 Å². The van der Waals surface area contributed by atoms with Crippen LogP contribution in [0.5, 0.6) is 0 Å². The Labute approximate surface area is 140 Å². The molecule has 124 valence electrons. The molecule has 2 aromatic carbocycles. The van der Waals surface area contributed by atoms with Crippen LogP contribution in [0.25, 0.3) is 0 Å². The van der Waals surface area contributed by atoms with Crippen molar-refractivity contribution in [2.75, 3.05) is 16.8 Å². The van der Waals surface area contributed by atoms with Gasteiger partial charge in [-0.05, 0) is 49.2 Å². The zero-order valence-corrected chi connectivity index (χ0v) is 13.7. The molecule has 1 atom stereocenters. The van der Waals surface area contributed by atoms with E-state index < -0.39 is 11.7 Å². The number of aryl methyl sites for hydroxylation is 2. The minimum Gasteiger partial charge on any atom is -0.326 e. The minimum atomic E-state index is -0.488. The number of rotatable bonds is 3. The van der Waals surface area contributed by atoms with Gasteiger partial charge < -0.3 is 10.2 Å². The van der Waals surface area contributed by atoms with E-state index in [1.807, 2.05) is 32.0 Å². The van der Waals surface area contributed by atoms with Crippen molar-refractivity contribution in [2.45, 2.75) is 20.3 Å². The maximum atomic E-state index is 13.9. The predicted molar refractivity (Wildman–Crippen MR) is 91.4 cm³/mol. The molecule has 0 aromatic heterocycles. The van der Waals surface area contributed by atoms with Gasteiger partial charge in [-0.3, -0.25) is 9.59 Å². The number of benzene rings is 2. The van der Waals surface area contributed by atoms with E-state index in [0.29, 0.717) is 5.69 Å². The maximum Gasteiger partial charge on any atom is 0.229 e. The van der Waals surface area contributed by atoms with Crippen molar-refractivity contribution in [3.8, 4) is 0 Å². The largest absolute Gasteiger partial charge is 0.326 e. The molecule has 24 heavy (non-hydrogen) atoms. The van der Waals surface area contributed by atoms with Gasteiger partial charge in [0.25, 0.3) is 0 Å². The third-order valence-corrected chi connectivity index (χ3v) is 4.13. The van der Waals surface area contributed by atoms with Crippen LogP contribution in [0.4, 0.5) is 15.8 Å². The first-order valence-electron chi connectivity index (χ1n) is 7.88. The fourth-order valence-electron chi connectivity index (χ4n) is 3.08. The van der Waals surface area contributed by atoms with Crippen LogP contribution in [0, 0.1) is 25.6 Å². The Balaban J connectivity index is 1.73. The molecule has 0 spiro atoms. The van der Waals surface area contributed by atoms with E-state index in [2.05, 4.69) is 5.32 Å². The first kappa shape index (κ1) is 16.2. The van der Waals surface area contributed by atoms with Gasteiger partial charge in [-0.2, -0.15) is 0 Å². The molecule has 5 heteroatoms. The Morgan fingerprint density at radius 2 is 1.83 bits per heavy atom. The molecule has 0 unspecified atom stereocenters. The summed E-state index contributed by atoms with van der Waals surface area (Å²) in [5, 5.41) is 2.86. The Morgan fingerprint density at radius 3 is 2.50 bits per heavy atom. The van der Waals surface area contributed by atoms with Crippen LogP contribution in [0.2, 0.25) is 0 Å². The number of carbonyl (C=O) groups is 2. The van der Waals surface area contributed by atoms with Crippen LogP contribution in [-0.4, -0.2) is 18.4 Å². The number of amides is 2. The second-order valence-corrected chi connectivity index (χ2v) is 6.22. The molecular weight excluding hydrogens is 307 g/mol. The second kappa shape index (κ2) is 6.43. The lowest BCUT2D eigenvalue weighted by Gasteiger charge is -2.17. The fourth-order valence-corrected chi connectivity index (χ4v) is 3.08. The highest BCUT2D eigenvalue weighted by Crippen LogP contribution is 2.28. The monoisotopic (exact) mass is 326 g/mol. The number of nitrogens with zero attached hydrogens (tertiary/aromatic N) is 1. The van der Waals surface area contributed by atoms with Gasteiger partial charge in [-0.15, -0.1) is 0 Å². The summed E-state index contributed by atoms with van der Waals surface area (Å²) in [7, 11) is 0. The molecule has 4 nitrogen and oxygen atoms in total. The second-order valence-electron chi connectivity index (χ2n) is 6.22. The number of carbonyl (C=O) groups excluding carboxylic acids is 2. The molecule has 1 heterocycles. The van der Waals surface area contributed by atoms with E-state index >= 15 is 0 Å². The summed E-state index contributed by atoms with van der Waals surface area (Å²) in [5.41, 5.74) is 3.06. The smallest absolute Gasteiger partial charge is 0.229 e. The summed E-state index contributed by atoms with van der Waals surface area (Å²) in [4.78, 5) is 26.0. The summed E-state index contributed by atoms with van der Waals surface area (Å²) in [6.45, 7) is 4.11. The highest BCUT2D eigenvalue weighted by atomic mass is 19.1. The zero-order chi connectivity index (χ0) is 17.3. The van der Waals surface area contributed by atoms with Crippen molar-refractivity contribution in [3.63, 3.8) is 0 Å². The molecule has 0 aliphatic carbocycles. The van der Waals surface area contributed by atoms with Crippen molar-refractivity contribution in [2.24, 2.45) is 5.92 Å². The SMILES string of the molecule is Cc1cc(C)cc(NC(=O)[C@H]2CC(=O)N(c3ccccc3F)C2)c1. The zero-order valence-electron chi connectivity index (χ0n) is 13.7. The fraction of sp³-hybridized carbons (Fsp3) is 0.263. The van der Waals surface area contributed by atoms with Crippen molar-refractivity contribution < 1.29 is 14.0 Å². The van der Waals surface area contributed by atoms with Gasteiger partial charge in [-0.1, -0.05) is 18.2 Å². The first-order valence-corrected chi connectivity index (χ1v) is 7.88. The van der Waals surface area contributed by atoms with Gasteiger partial charge in [0.2, 0.25) is 11.8 Å². The molecule has 0 radical (unpaired) electrons. The van der Waals surface area contributed by atoms with Gasteiger partial charge in [0, 0.05) is 18.7 Å². The van der Waals surface area contributed by atoms with E-state index in [4.69, 9.17) is 0 Å². The highest BCUT2D eigenvalue weighted by Gasteiger charge is 2.36. The first-order chi connectivity index (χ1) is 11.4. The summed E-state index contributed by atoms with van der Waals surface area (Å²) < 4.78 is 13.9. The van der Waals surface area contributed by atoms with E-state index in [9.17, 15) is 14.0 Å². The molecule has 2 amide bonds. The maximum absolute atomic E-state index is 13.9. The molecule has 1 saturated heterocycles. The number of anilines is 2. The molecule has 0 saturated carbocycles. The molecule has 1 N–H and O–H groups in total. The van der Waals surface area contributed by atoms with Crippen molar-refractivity contribution in [1.82, 2.24) is 0 Å². The molecule has 2 aromatic rings. The molecule has 3 rings (SSSR count). The average Bonchev–Trinajstić information content (AvgIpc) is 2.88. The molecule has 1 aliphatic heterocycles. The van der Waals surface area contributed by atoms with Crippen LogP contribution >= 0.6 is 0 Å².